The molecular formula is C25H32N2O. The predicted molar refractivity (Wildman–Crippen MR) is 118 cm³/mol. The summed E-state index contributed by atoms with van der Waals surface area (Å²) in [6.45, 7) is 10.1. The van der Waals surface area contributed by atoms with Gasteiger partial charge in [-0.1, -0.05) is 49.1 Å². The van der Waals surface area contributed by atoms with Crippen molar-refractivity contribution in [2.45, 2.75) is 26.2 Å². The predicted octanol–water partition coefficient (Wildman–Crippen LogP) is 4.66. The number of piperidine rings is 1. The Labute approximate surface area is 169 Å². The zero-order valence-electron chi connectivity index (χ0n) is 17.2. The molecule has 148 valence electrons. The van der Waals surface area contributed by atoms with E-state index in [-0.39, 0.29) is 5.91 Å². The van der Waals surface area contributed by atoms with E-state index in [0.29, 0.717) is 5.92 Å². The van der Waals surface area contributed by atoms with E-state index in [2.05, 4.69) is 42.7 Å². The first-order chi connectivity index (χ1) is 13.6. The molecule has 0 aromatic heterocycles. The molecule has 1 aliphatic rings. The second-order valence-electron chi connectivity index (χ2n) is 8.00. The summed E-state index contributed by atoms with van der Waals surface area (Å²) in [5.41, 5.74) is 4.61. The number of likely N-dealkylation sites (tertiary alicyclic amines) is 1. The maximum atomic E-state index is 12.7. The molecule has 0 N–H and O–H groups in total. The fourth-order valence-electron chi connectivity index (χ4n) is 4.12. The van der Waals surface area contributed by atoms with Gasteiger partial charge in [0.05, 0.1) is 0 Å². The molecule has 28 heavy (non-hydrogen) atoms. The lowest BCUT2D eigenvalue weighted by atomic mass is 9.96. The fraction of sp³-hybridized carbons (Fsp3) is 0.400. The zero-order chi connectivity index (χ0) is 19.9. The maximum absolute atomic E-state index is 12.7. The number of benzene rings is 2. The van der Waals surface area contributed by atoms with Gasteiger partial charge in [-0.3, -0.25) is 4.79 Å². The van der Waals surface area contributed by atoms with Crippen LogP contribution in [0, 0.1) is 12.8 Å². The quantitative estimate of drug-likeness (QED) is 0.701. The molecule has 0 aliphatic carbocycles. The minimum atomic E-state index is 0.104. The van der Waals surface area contributed by atoms with Crippen LogP contribution in [0.15, 0.2) is 55.1 Å². The molecule has 1 unspecified atom stereocenters. The van der Waals surface area contributed by atoms with Crippen molar-refractivity contribution in [2.24, 2.45) is 5.92 Å². The normalized spacial score (nSPS) is 17.3. The largest absolute Gasteiger partial charge is 0.341 e. The van der Waals surface area contributed by atoms with Gasteiger partial charge in [-0.05, 0) is 67.5 Å². The van der Waals surface area contributed by atoms with Crippen molar-refractivity contribution in [1.29, 1.82) is 0 Å². The summed E-state index contributed by atoms with van der Waals surface area (Å²) in [4.78, 5) is 17.2. The molecule has 0 bridgehead atoms. The van der Waals surface area contributed by atoms with Crippen LogP contribution in [0.25, 0.3) is 6.08 Å². The molecule has 3 heteroatoms. The highest BCUT2D eigenvalue weighted by Crippen LogP contribution is 2.19. The molecule has 2 aromatic rings. The Morgan fingerprint density at radius 2 is 1.96 bits per heavy atom. The van der Waals surface area contributed by atoms with E-state index >= 15 is 0 Å². The first-order valence-corrected chi connectivity index (χ1v) is 10.3. The van der Waals surface area contributed by atoms with Crippen molar-refractivity contribution in [3.63, 3.8) is 0 Å². The maximum Gasteiger partial charge on any atom is 0.253 e. The summed E-state index contributed by atoms with van der Waals surface area (Å²) in [5.74, 6) is 0.652. The highest BCUT2D eigenvalue weighted by atomic mass is 16.2. The van der Waals surface area contributed by atoms with Crippen LogP contribution in [0.3, 0.4) is 0 Å². The molecule has 0 saturated carbocycles. The standard InChI is InChI=1S/C25H32N2O/c1-4-21-11-13-24(14-12-21)25(28)26(3)18-22-9-7-16-27(19-22)17-15-23-10-6-5-8-20(23)2/h4-6,8,10-14,22H,1,7,9,15-19H2,2-3H3. The number of hydrogen-bond donors (Lipinski definition) is 0. The molecule has 1 atom stereocenters. The van der Waals surface area contributed by atoms with E-state index in [0.717, 1.165) is 37.2 Å². The van der Waals surface area contributed by atoms with E-state index in [4.69, 9.17) is 0 Å². The molecular weight excluding hydrogens is 344 g/mol. The molecule has 0 spiro atoms. The van der Waals surface area contributed by atoms with Crippen LogP contribution in [-0.4, -0.2) is 48.9 Å². The third-order valence-electron chi connectivity index (χ3n) is 5.83. The smallest absolute Gasteiger partial charge is 0.253 e. The summed E-state index contributed by atoms with van der Waals surface area (Å²) in [6.07, 6.45) is 5.32. The average molecular weight is 377 g/mol. The Morgan fingerprint density at radius 1 is 1.21 bits per heavy atom. The third-order valence-corrected chi connectivity index (χ3v) is 5.83. The summed E-state index contributed by atoms with van der Waals surface area (Å²) < 4.78 is 0. The van der Waals surface area contributed by atoms with Gasteiger partial charge in [-0.2, -0.15) is 0 Å². The lowest BCUT2D eigenvalue weighted by molar-refractivity contribution is 0.0730. The van der Waals surface area contributed by atoms with Crippen molar-refractivity contribution >= 4 is 12.0 Å². The Kier molecular flexibility index (Phi) is 7.05. The number of nitrogens with zero attached hydrogens (tertiary/aromatic N) is 2. The number of carbonyl (C=O) groups is 1. The van der Waals surface area contributed by atoms with Crippen LogP contribution >= 0.6 is 0 Å². The summed E-state index contributed by atoms with van der Waals surface area (Å²) in [6, 6.07) is 16.3. The van der Waals surface area contributed by atoms with Gasteiger partial charge < -0.3 is 9.80 Å². The molecule has 1 heterocycles. The third kappa shape index (κ3) is 5.32. The Hall–Kier alpha value is -2.39. The molecule has 0 radical (unpaired) electrons. The van der Waals surface area contributed by atoms with E-state index in [1.165, 1.54) is 30.5 Å². The second-order valence-corrected chi connectivity index (χ2v) is 8.00. The number of hydrogen-bond acceptors (Lipinski definition) is 2. The van der Waals surface area contributed by atoms with Gasteiger partial charge >= 0.3 is 0 Å². The summed E-state index contributed by atoms with van der Waals surface area (Å²) >= 11 is 0. The fourth-order valence-corrected chi connectivity index (χ4v) is 4.12. The van der Waals surface area contributed by atoms with Gasteiger partial charge in [0.15, 0.2) is 0 Å². The van der Waals surface area contributed by atoms with Gasteiger partial charge in [-0.15, -0.1) is 0 Å². The van der Waals surface area contributed by atoms with E-state index in [1.807, 2.05) is 36.2 Å². The van der Waals surface area contributed by atoms with E-state index in [1.54, 1.807) is 6.08 Å². The molecule has 3 nitrogen and oxygen atoms in total. The SMILES string of the molecule is C=Cc1ccc(C(=O)N(C)CC2CCCN(CCc3ccccc3C)C2)cc1. The first-order valence-electron chi connectivity index (χ1n) is 10.3. The number of rotatable bonds is 7. The highest BCUT2D eigenvalue weighted by molar-refractivity contribution is 5.94. The van der Waals surface area contributed by atoms with E-state index in [9.17, 15) is 4.79 Å². The number of carbonyl (C=O) groups excluding carboxylic acids is 1. The zero-order valence-corrected chi connectivity index (χ0v) is 17.2. The van der Waals surface area contributed by atoms with Crippen LogP contribution < -0.4 is 0 Å². The van der Waals surface area contributed by atoms with Crippen molar-refractivity contribution in [1.82, 2.24) is 9.80 Å². The molecule has 2 aromatic carbocycles. The molecule has 1 amide bonds. The van der Waals surface area contributed by atoms with Gasteiger partial charge in [0.25, 0.3) is 5.91 Å². The molecule has 1 saturated heterocycles. The molecule has 3 rings (SSSR count). The first kappa shape index (κ1) is 20.3. The Bertz CT molecular complexity index is 796. The van der Waals surface area contributed by atoms with Gasteiger partial charge in [0.1, 0.15) is 0 Å². The van der Waals surface area contributed by atoms with Gasteiger partial charge in [0.2, 0.25) is 0 Å². The van der Waals surface area contributed by atoms with Crippen molar-refractivity contribution in [3.8, 4) is 0 Å². The second kappa shape index (κ2) is 9.70. The monoisotopic (exact) mass is 376 g/mol. The van der Waals surface area contributed by atoms with Crippen LogP contribution in [0.4, 0.5) is 0 Å². The summed E-state index contributed by atoms with van der Waals surface area (Å²) in [5, 5.41) is 0. The van der Waals surface area contributed by atoms with Crippen molar-refractivity contribution in [3.05, 3.63) is 77.4 Å². The van der Waals surface area contributed by atoms with Crippen LogP contribution in [0.1, 0.15) is 39.9 Å². The molecule has 1 fully saturated rings. The van der Waals surface area contributed by atoms with Gasteiger partial charge in [-0.25, -0.2) is 0 Å². The van der Waals surface area contributed by atoms with Gasteiger partial charge in [0, 0.05) is 32.2 Å². The van der Waals surface area contributed by atoms with E-state index < -0.39 is 0 Å². The van der Waals surface area contributed by atoms with Crippen molar-refractivity contribution < 1.29 is 4.79 Å². The molecule has 1 aliphatic heterocycles. The van der Waals surface area contributed by atoms with Crippen LogP contribution in [0.2, 0.25) is 0 Å². The van der Waals surface area contributed by atoms with Crippen LogP contribution in [0.5, 0.6) is 0 Å². The lowest BCUT2D eigenvalue weighted by Gasteiger charge is -2.35. The minimum Gasteiger partial charge on any atom is -0.341 e. The lowest BCUT2D eigenvalue weighted by Crippen LogP contribution is -2.42. The average Bonchev–Trinajstić information content (AvgIpc) is 2.73. The Balaban J connectivity index is 1.51. The number of amides is 1. The topological polar surface area (TPSA) is 23.6 Å². The Morgan fingerprint density at radius 3 is 2.68 bits per heavy atom. The number of aryl methyl sites for hydroxylation is 1. The highest BCUT2D eigenvalue weighted by Gasteiger charge is 2.23. The van der Waals surface area contributed by atoms with Crippen molar-refractivity contribution in [2.75, 3.05) is 33.2 Å². The summed E-state index contributed by atoms with van der Waals surface area (Å²) in [7, 11) is 1.93. The minimum absolute atomic E-state index is 0.104. The van der Waals surface area contributed by atoms with Crippen LogP contribution in [-0.2, 0) is 6.42 Å².